The largest absolute Gasteiger partial charge is 0.346 e. The minimum absolute atomic E-state index is 0. The van der Waals surface area contributed by atoms with E-state index in [4.69, 9.17) is 4.98 Å². The number of hydrogen-bond acceptors (Lipinski definition) is 6. The van der Waals surface area contributed by atoms with E-state index in [2.05, 4.69) is 21.6 Å². The number of rotatable bonds is 4. The lowest BCUT2D eigenvalue weighted by atomic mass is 10.1. The van der Waals surface area contributed by atoms with Crippen LogP contribution in [-0.2, 0) is 10.0 Å². The number of anilines is 2. The summed E-state index contributed by atoms with van der Waals surface area (Å²) in [5.74, 6) is 0. The molecule has 1 aromatic heterocycles. The molecule has 0 atom stereocenters. The highest BCUT2D eigenvalue weighted by atomic mass is 35.5. The molecule has 1 N–H and O–H groups in total. The Balaban J connectivity index is 0.00000208. The van der Waals surface area contributed by atoms with Gasteiger partial charge in [-0.05, 0) is 19.2 Å². The number of hydrogen-bond donors (Lipinski definition) is 1. The van der Waals surface area contributed by atoms with Gasteiger partial charge in [0.05, 0.1) is 11.9 Å². The van der Waals surface area contributed by atoms with Crippen LogP contribution in [0.4, 0.5) is 10.8 Å². The Morgan fingerprint density at radius 1 is 1.12 bits per heavy atom. The van der Waals surface area contributed by atoms with Crippen LogP contribution in [0.3, 0.4) is 0 Å². The SMILES string of the molecule is CN1CCN(c2nc(-c3ccc(NS(C)(=O)=O)cc3)cs2)CC1.Cl. The Bertz CT molecular complexity index is 769. The summed E-state index contributed by atoms with van der Waals surface area (Å²) >= 11 is 1.65. The second-order valence-electron chi connectivity index (χ2n) is 5.76. The van der Waals surface area contributed by atoms with Crippen molar-refractivity contribution in [3.63, 3.8) is 0 Å². The van der Waals surface area contributed by atoms with Gasteiger partial charge in [0.25, 0.3) is 0 Å². The highest BCUT2D eigenvalue weighted by Crippen LogP contribution is 2.28. The van der Waals surface area contributed by atoms with Gasteiger partial charge in [-0.1, -0.05) is 12.1 Å². The second kappa shape index (κ2) is 7.69. The number of piperazine rings is 1. The van der Waals surface area contributed by atoms with Crippen molar-refractivity contribution < 1.29 is 8.42 Å². The molecule has 1 aliphatic heterocycles. The summed E-state index contributed by atoms with van der Waals surface area (Å²) < 4.78 is 24.9. The molecule has 0 bridgehead atoms. The maximum atomic E-state index is 11.2. The number of thiazole rings is 1. The highest BCUT2D eigenvalue weighted by molar-refractivity contribution is 7.92. The van der Waals surface area contributed by atoms with E-state index in [0.717, 1.165) is 48.8 Å². The van der Waals surface area contributed by atoms with E-state index in [1.165, 1.54) is 0 Å². The standard InChI is InChI=1S/C15H20N4O2S2.ClH/c1-18-7-9-19(10-8-18)15-16-14(11-22-15)12-3-5-13(6-4-12)17-23(2,20)21;/h3-6,11,17H,7-10H2,1-2H3;1H. The van der Waals surface area contributed by atoms with Gasteiger partial charge in [0.2, 0.25) is 10.0 Å². The molecule has 1 aromatic carbocycles. The fraction of sp³-hybridized carbons (Fsp3) is 0.400. The van der Waals surface area contributed by atoms with Crippen LogP contribution in [0.2, 0.25) is 0 Å². The maximum Gasteiger partial charge on any atom is 0.229 e. The second-order valence-corrected chi connectivity index (χ2v) is 8.34. The number of benzene rings is 1. The van der Waals surface area contributed by atoms with E-state index >= 15 is 0 Å². The van der Waals surface area contributed by atoms with Crippen molar-refractivity contribution in [3.8, 4) is 11.3 Å². The van der Waals surface area contributed by atoms with E-state index in [1.54, 1.807) is 23.5 Å². The molecule has 0 saturated carbocycles. The monoisotopic (exact) mass is 388 g/mol. The van der Waals surface area contributed by atoms with Crippen LogP contribution in [-0.4, -0.2) is 57.8 Å². The molecule has 3 rings (SSSR count). The molecule has 2 aromatic rings. The quantitative estimate of drug-likeness (QED) is 0.870. The van der Waals surface area contributed by atoms with Crippen molar-refractivity contribution >= 4 is 44.6 Å². The molecule has 0 radical (unpaired) electrons. The van der Waals surface area contributed by atoms with Gasteiger partial charge >= 0.3 is 0 Å². The van der Waals surface area contributed by atoms with Gasteiger partial charge in [0, 0.05) is 42.8 Å². The van der Waals surface area contributed by atoms with Crippen LogP contribution in [0.5, 0.6) is 0 Å². The average Bonchev–Trinajstić information content (AvgIpc) is 2.97. The first-order valence-electron chi connectivity index (χ1n) is 7.38. The topological polar surface area (TPSA) is 65.5 Å². The Kier molecular flexibility index (Phi) is 6.08. The first kappa shape index (κ1) is 19.0. The average molecular weight is 389 g/mol. The third kappa shape index (κ3) is 4.83. The zero-order valence-electron chi connectivity index (χ0n) is 13.6. The zero-order chi connectivity index (χ0) is 16.4. The lowest BCUT2D eigenvalue weighted by Crippen LogP contribution is -2.44. The van der Waals surface area contributed by atoms with Crippen molar-refractivity contribution in [2.24, 2.45) is 0 Å². The summed E-state index contributed by atoms with van der Waals surface area (Å²) in [6, 6.07) is 7.28. The summed E-state index contributed by atoms with van der Waals surface area (Å²) in [5, 5.41) is 3.10. The lowest BCUT2D eigenvalue weighted by molar-refractivity contribution is 0.313. The van der Waals surface area contributed by atoms with E-state index in [9.17, 15) is 8.42 Å². The Labute approximate surface area is 153 Å². The van der Waals surface area contributed by atoms with E-state index in [-0.39, 0.29) is 12.4 Å². The number of sulfonamides is 1. The third-order valence-electron chi connectivity index (χ3n) is 3.75. The number of nitrogens with zero attached hydrogens (tertiary/aromatic N) is 3. The number of likely N-dealkylation sites (N-methyl/N-ethyl adjacent to an activating group) is 1. The molecule has 132 valence electrons. The number of aromatic nitrogens is 1. The van der Waals surface area contributed by atoms with E-state index in [0.29, 0.717) is 5.69 Å². The molecule has 0 amide bonds. The van der Waals surface area contributed by atoms with Crippen molar-refractivity contribution in [1.29, 1.82) is 0 Å². The number of nitrogens with one attached hydrogen (secondary N) is 1. The molecule has 2 heterocycles. The fourth-order valence-corrected chi connectivity index (χ4v) is 3.92. The number of halogens is 1. The molecule has 9 heteroatoms. The molecule has 1 saturated heterocycles. The van der Waals surface area contributed by atoms with Gasteiger partial charge in [0.15, 0.2) is 5.13 Å². The van der Waals surface area contributed by atoms with Crippen LogP contribution in [0.15, 0.2) is 29.6 Å². The van der Waals surface area contributed by atoms with Crippen molar-refractivity contribution in [2.75, 3.05) is 49.1 Å². The van der Waals surface area contributed by atoms with Gasteiger partial charge in [0.1, 0.15) is 0 Å². The maximum absolute atomic E-state index is 11.2. The van der Waals surface area contributed by atoms with Crippen LogP contribution in [0, 0.1) is 0 Å². The Morgan fingerprint density at radius 3 is 2.33 bits per heavy atom. The highest BCUT2D eigenvalue weighted by Gasteiger charge is 2.17. The molecule has 0 unspecified atom stereocenters. The van der Waals surface area contributed by atoms with Crippen LogP contribution >= 0.6 is 23.7 Å². The zero-order valence-corrected chi connectivity index (χ0v) is 16.0. The fourth-order valence-electron chi connectivity index (χ4n) is 2.46. The predicted octanol–water partition coefficient (Wildman–Crippen LogP) is 2.36. The molecule has 24 heavy (non-hydrogen) atoms. The van der Waals surface area contributed by atoms with Crippen LogP contribution in [0.1, 0.15) is 0 Å². The Hall–Kier alpha value is -1.35. The van der Waals surface area contributed by atoms with E-state index < -0.39 is 10.0 Å². The normalized spacial score (nSPS) is 15.8. The smallest absolute Gasteiger partial charge is 0.229 e. The molecule has 6 nitrogen and oxygen atoms in total. The molecule has 1 aliphatic rings. The molecule has 0 aliphatic carbocycles. The molecule has 0 spiro atoms. The third-order valence-corrected chi connectivity index (χ3v) is 5.26. The van der Waals surface area contributed by atoms with Gasteiger partial charge in [-0.15, -0.1) is 23.7 Å². The van der Waals surface area contributed by atoms with Gasteiger partial charge < -0.3 is 9.80 Å². The molecular weight excluding hydrogens is 368 g/mol. The van der Waals surface area contributed by atoms with Crippen LogP contribution < -0.4 is 9.62 Å². The summed E-state index contributed by atoms with van der Waals surface area (Å²) in [6.45, 7) is 4.11. The summed E-state index contributed by atoms with van der Waals surface area (Å²) in [4.78, 5) is 9.35. The Morgan fingerprint density at radius 2 is 1.75 bits per heavy atom. The predicted molar refractivity (Wildman–Crippen MR) is 103 cm³/mol. The summed E-state index contributed by atoms with van der Waals surface area (Å²) in [7, 11) is -1.11. The van der Waals surface area contributed by atoms with Crippen molar-refractivity contribution in [2.45, 2.75) is 0 Å². The summed E-state index contributed by atoms with van der Waals surface area (Å²) in [6.07, 6.45) is 1.14. The minimum Gasteiger partial charge on any atom is -0.346 e. The minimum atomic E-state index is -3.24. The first-order valence-corrected chi connectivity index (χ1v) is 10.1. The van der Waals surface area contributed by atoms with E-state index in [1.807, 2.05) is 17.5 Å². The van der Waals surface area contributed by atoms with Crippen LogP contribution in [0.25, 0.3) is 11.3 Å². The summed E-state index contributed by atoms with van der Waals surface area (Å²) in [5.41, 5.74) is 2.47. The van der Waals surface area contributed by atoms with Gasteiger partial charge in [-0.3, -0.25) is 4.72 Å². The lowest BCUT2D eigenvalue weighted by Gasteiger charge is -2.32. The van der Waals surface area contributed by atoms with Crippen molar-refractivity contribution in [3.05, 3.63) is 29.6 Å². The van der Waals surface area contributed by atoms with Gasteiger partial charge in [-0.25, -0.2) is 13.4 Å². The van der Waals surface area contributed by atoms with Crippen molar-refractivity contribution in [1.82, 2.24) is 9.88 Å². The first-order chi connectivity index (χ1) is 10.9. The molecular formula is C15H21ClN4O2S2. The molecule has 1 fully saturated rings. The van der Waals surface area contributed by atoms with Gasteiger partial charge in [-0.2, -0.15) is 0 Å².